The topological polar surface area (TPSA) is 138 Å². The van der Waals surface area contributed by atoms with Gasteiger partial charge in [0.2, 0.25) is 0 Å². The number of nitrogens with one attached hydrogen (secondary N) is 1. The molecule has 2 atom stereocenters. The molecule has 2 rings (SSSR count). The Morgan fingerprint density at radius 2 is 2.36 bits per heavy atom. The van der Waals surface area contributed by atoms with E-state index >= 15 is 0 Å². The highest BCUT2D eigenvalue weighted by Gasteiger charge is 2.31. The summed E-state index contributed by atoms with van der Waals surface area (Å²) < 4.78 is 20.0. The van der Waals surface area contributed by atoms with E-state index in [1.165, 1.54) is 12.3 Å². The van der Waals surface area contributed by atoms with Gasteiger partial charge in [-0.25, -0.2) is 14.4 Å². The van der Waals surface area contributed by atoms with Gasteiger partial charge in [0, 0.05) is 6.20 Å². The molecule has 0 bridgehead atoms. The Bertz CT molecular complexity index is 616. The van der Waals surface area contributed by atoms with E-state index in [9.17, 15) is 14.4 Å². The minimum atomic E-state index is -1.56. The highest BCUT2D eigenvalue weighted by atomic mass is 16.9. The van der Waals surface area contributed by atoms with Gasteiger partial charge >= 0.3 is 24.4 Å². The molecule has 11 heteroatoms. The maximum Gasteiger partial charge on any atom is 0.509 e. The van der Waals surface area contributed by atoms with Crippen molar-refractivity contribution in [1.82, 2.24) is 9.55 Å². The Kier molecular flexibility index (Phi) is 4.91. The van der Waals surface area contributed by atoms with Crippen molar-refractivity contribution in [3.05, 3.63) is 22.7 Å². The second-order valence-corrected chi connectivity index (χ2v) is 3.94. The number of rotatable bonds is 4. The lowest BCUT2D eigenvalue weighted by atomic mass is 10.5. The van der Waals surface area contributed by atoms with Gasteiger partial charge in [-0.15, -0.1) is 0 Å². The predicted molar refractivity (Wildman–Crippen MR) is 68.1 cm³/mol. The van der Waals surface area contributed by atoms with Gasteiger partial charge in [0.15, 0.2) is 6.23 Å². The second kappa shape index (κ2) is 6.87. The summed E-state index contributed by atoms with van der Waals surface area (Å²) in [5.41, 5.74) is -0.723. The van der Waals surface area contributed by atoms with Crippen molar-refractivity contribution in [3.8, 4) is 0 Å². The predicted octanol–water partition coefficient (Wildman–Crippen LogP) is 0.335. The fourth-order valence-electron chi connectivity index (χ4n) is 1.63. The van der Waals surface area contributed by atoms with Crippen LogP contribution in [0.3, 0.4) is 0 Å². The monoisotopic (exact) mass is 315 g/mol. The van der Waals surface area contributed by atoms with Crippen molar-refractivity contribution in [2.24, 2.45) is 0 Å². The highest BCUT2D eigenvalue weighted by molar-refractivity contribution is 5.83. The number of carbonyl (C=O) groups excluding carboxylic acids is 1. The van der Waals surface area contributed by atoms with Crippen molar-refractivity contribution in [2.75, 3.05) is 18.5 Å². The maximum atomic E-state index is 11.9. The van der Waals surface area contributed by atoms with E-state index in [2.05, 4.69) is 19.8 Å². The van der Waals surface area contributed by atoms with Crippen LogP contribution < -0.4 is 11.0 Å². The van der Waals surface area contributed by atoms with Gasteiger partial charge in [-0.1, -0.05) is 0 Å². The fourth-order valence-corrected chi connectivity index (χ4v) is 1.63. The molecule has 0 radical (unpaired) electrons. The number of aromatic nitrogens is 2. The van der Waals surface area contributed by atoms with E-state index in [-0.39, 0.29) is 19.0 Å². The summed E-state index contributed by atoms with van der Waals surface area (Å²) in [6, 6.07) is 1.35. The molecule has 2 unspecified atom stereocenters. The molecule has 1 amide bonds. The zero-order valence-corrected chi connectivity index (χ0v) is 11.4. The first kappa shape index (κ1) is 15.7. The smallest absolute Gasteiger partial charge is 0.450 e. The summed E-state index contributed by atoms with van der Waals surface area (Å²) in [6.07, 6.45) is -1.87. The fraction of sp³-hybridized carbons (Fsp3) is 0.455. The van der Waals surface area contributed by atoms with Crippen molar-refractivity contribution in [2.45, 2.75) is 19.6 Å². The molecule has 2 heterocycles. The lowest BCUT2D eigenvalue weighted by Crippen LogP contribution is -2.29. The van der Waals surface area contributed by atoms with Crippen LogP contribution in [-0.4, -0.2) is 46.6 Å². The number of hydrogen-bond donors (Lipinski definition) is 2. The summed E-state index contributed by atoms with van der Waals surface area (Å²) in [5.74, 6) is 0.0111. The van der Waals surface area contributed by atoms with Gasteiger partial charge in [-0.3, -0.25) is 14.6 Å². The molecule has 1 aliphatic heterocycles. The SMILES string of the molecule is CCOC(=O)Nc1ccn(C2COC(OC(=O)O)O2)c(=O)n1. The minimum Gasteiger partial charge on any atom is -0.450 e. The molecular formula is C11H13N3O8. The molecular weight excluding hydrogens is 302 g/mol. The third kappa shape index (κ3) is 3.93. The van der Waals surface area contributed by atoms with Crippen molar-refractivity contribution < 1.29 is 33.6 Å². The van der Waals surface area contributed by atoms with Crippen LogP contribution in [0.25, 0.3) is 0 Å². The molecule has 22 heavy (non-hydrogen) atoms. The summed E-state index contributed by atoms with van der Waals surface area (Å²) in [4.78, 5) is 37.1. The summed E-state index contributed by atoms with van der Waals surface area (Å²) >= 11 is 0. The number of ether oxygens (including phenoxy) is 4. The van der Waals surface area contributed by atoms with E-state index in [0.29, 0.717) is 0 Å². The van der Waals surface area contributed by atoms with Crippen molar-refractivity contribution >= 4 is 18.1 Å². The normalized spacial score (nSPS) is 20.4. The highest BCUT2D eigenvalue weighted by Crippen LogP contribution is 2.20. The van der Waals surface area contributed by atoms with Crippen LogP contribution in [0.5, 0.6) is 0 Å². The second-order valence-electron chi connectivity index (χ2n) is 3.94. The lowest BCUT2D eigenvalue weighted by molar-refractivity contribution is -0.217. The Hall–Kier alpha value is -2.66. The Labute approximate surface area is 123 Å². The number of carboxylic acid groups (broad SMARTS) is 1. The standard InChI is InChI=1S/C11H13N3O8/c1-2-19-9(16)13-6-3-4-14(8(15)12-6)7-5-20-11(21-7)22-10(17)18/h3-4,7,11H,2,5H2,1H3,(H,17,18)(H,12,13,15,16). The number of carbonyl (C=O) groups is 2. The molecule has 0 saturated carbocycles. The Balaban J connectivity index is 2.03. The van der Waals surface area contributed by atoms with Crippen LogP contribution in [0.1, 0.15) is 13.2 Å². The molecule has 0 spiro atoms. The maximum absolute atomic E-state index is 11.9. The van der Waals surface area contributed by atoms with E-state index in [1.54, 1.807) is 6.92 Å². The lowest BCUT2D eigenvalue weighted by Gasteiger charge is -2.12. The number of amides is 1. The Morgan fingerprint density at radius 3 is 3.00 bits per heavy atom. The zero-order chi connectivity index (χ0) is 16.1. The molecule has 1 saturated heterocycles. The summed E-state index contributed by atoms with van der Waals surface area (Å²) in [7, 11) is 0. The number of hydrogen-bond acceptors (Lipinski definition) is 8. The van der Waals surface area contributed by atoms with Crippen molar-refractivity contribution in [3.63, 3.8) is 0 Å². The van der Waals surface area contributed by atoms with Gasteiger partial charge in [-0.2, -0.15) is 4.98 Å². The zero-order valence-electron chi connectivity index (χ0n) is 11.4. The first-order valence-electron chi connectivity index (χ1n) is 6.19. The third-order valence-corrected chi connectivity index (χ3v) is 2.49. The largest absolute Gasteiger partial charge is 0.509 e. The van der Waals surface area contributed by atoms with Crippen LogP contribution in [0.15, 0.2) is 17.1 Å². The Morgan fingerprint density at radius 1 is 1.59 bits per heavy atom. The van der Waals surface area contributed by atoms with Crippen LogP contribution in [-0.2, 0) is 18.9 Å². The molecule has 1 aromatic rings. The minimum absolute atomic E-state index is 0.0111. The first-order chi connectivity index (χ1) is 10.5. The van der Waals surface area contributed by atoms with Crippen LogP contribution >= 0.6 is 0 Å². The molecule has 11 nitrogen and oxygen atoms in total. The van der Waals surface area contributed by atoms with Crippen LogP contribution in [0.4, 0.5) is 15.4 Å². The molecule has 120 valence electrons. The van der Waals surface area contributed by atoms with Crippen LogP contribution in [0, 0.1) is 0 Å². The number of nitrogens with zero attached hydrogens (tertiary/aromatic N) is 2. The summed E-state index contributed by atoms with van der Waals surface area (Å²) in [5, 5.41) is 10.7. The molecule has 2 N–H and O–H groups in total. The van der Waals surface area contributed by atoms with Gasteiger partial charge in [0.1, 0.15) is 5.82 Å². The van der Waals surface area contributed by atoms with Gasteiger partial charge in [-0.05, 0) is 13.0 Å². The van der Waals surface area contributed by atoms with Gasteiger partial charge < -0.3 is 19.3 Å². The number of anilines is 1. The van der Waals surface area contributed by atoms with E-state index in [4.69, 9.17) is 14.6 Å². The van der Waals surface area contributed by atoms with E-state index in [0.717, 1.165) is 4.57 Å². The molecule has 1 fully saturated rings. The molecule has 1 aliphatic rings. The van der Waals surface area contributed by atoms with Gasteiger partial charge in [0.25, 0.3) is 0 Å². The molecule has 1 aromatic heterocycles. The quantitative estimate of drug-likeness (QED) is 0.752. The van der Waals surface area contributed by atoms with Gasteiger partial charge in [0.05, 0.1) is 13.2 Å². The average molecular weight is 315 g/mol. The average Bonchev–Trinajstić information content (AvgIpc) is 2.86. The third-order valence-electron chi connectivity index (χ3n) is 2.49. The van der Waals surface area contributed by atoms with Crippen LogP contribution in [0.2, 0.25) is 0 Å². The molecule has 0 aromatic carbocycles. The van der Waals surface area contributed by atoms with E-state index < -0.39 is 30.6 Å². The molecule has 0 aliphatic carbocycles. The summed E-state index contributed by atoms with van der Waals surface area (Å²) in [6.45, 7) is 0.315. The van der Waals surface area contributed by atoms with E-state index in [1.807, 2.05) is 0 Å². The van der Waals surface area contributed by atoms with Crippen molar-refractivity contribution in [1.29, 1.82) is 0 Å². The first-order valence-corrected chi connectivity index (χ1v) is 6.19.